The fourth-order valence-electron chi connectivity index (χ4n) is 1.71. The number of halogens is 1. The fourth-order valence-corrected chi connectivity index (χ4v) is 1.98. The summed E-state index contributed by atoms with van der Waals surface area (Å²) in [5.74, 6) is 0.208. The fraction of sp³-hybridized carbons (Fsp3) is 0.0714. The number of carbonyl (C=O) groups is 1. The Labute approximate surface area is 134 Å². The highest BCUT2D eigenvalue weighted by atomic mass is 79.9. The van der Waals surface area contributed by atoms with Gasteiger partial charge in [0.15, 0.2) is 0 Å². The number of urea groups is 1. The molecule has 0 radical (unpaired) electrons. The lowest BCUT2D eigenvalue weighted by Gasteiger charge is -2.11. The molecule has 0 aliphatic rings. The molecule has 0 saturated heterocycles. The van der Waals surface area contributed by atoms with E-state index in [2.05, 4.69) is 26.6 Å². The number of non-ortho nitro benzene ring substituents is 1. The molecule has 7 nitrogen and oxygen atoms in total. The van der Waals surface area contributed by atoms with E-state index in [1.165, 1.54) is 25.3 Å². The molecule has 0 spiro atoms. The molecule has 0 unspecified atom stereocenters. The molecule has 0 aliphatic heterocycles. The van der Waals surface area contributed by atoms with E-state index >= 15 is 0 Å². The van der Waals surface area contributed by atoms with Gasteiger partial charge in [0.1, 0.15) is 5.75 Å². The minimum absolute atomic E-state index is 0.115. The number of amides is 2. The summed E-state index contributed by atoms with van der Waals surface area (Å²) in [6.45, 7) is 0. The van der Waals surface area contributed by atoms with Crippen molar-refractivity contribution < 1.29 is 14.5 Å². The predicted molar refractivity (Wildman–Crippen MR) is 86.4 cm³/mol. The van der Waals surface area contributed by atoms with Crippen LogP contribution in [0.15, 0.2) is 46.9 Å². The highest BCUT2D eigenvalue weighted by Crippen LogP contribution is 2.29. The first-order valence-corrected chi connectivity index (χ1v) is 6.95. The minimum Gasteiger partial charge on any atom is -0.494 e. The van der Waals surface area contributed by atoms with Crippen LogP contribution in [0.3, 0.4) is 0 Å². The van der Waals surface area contributed by atoms with Gasteiger partial charge < -0.3 is 15.4 Å². The topological polar surface area (TPSA) is 93.5 Å². The highest BCUT2D eigenvalue weighted by molar-refractivity contribution is 9.10. The SMILES string of the molecule is COc1cc([N+](=O)[O-])ccc1NC(=O)Nc1ccc(Br)cc1. The van der Waals surface area contributed by atoms with Crippen molar-refractivity contribution >= 4 is 39.0 Å². The van der Waals surface area contributed by atoms with Gasteiger partial charge in [-0.2, -0.15) is 0 Å². The van der Waals surface area contributed by atoms with Gasteiger partial charge in [-0.3, -0.25) is 10.1 Å². The summed E-state index contributed by atoms with van der Waals surface area (Å²) < 4.78 is 5.95. The van der Waals surface area contributed by atoms with Gasteiger partial charge in [0.05, 0.1) is 23.8 Å². The van der Waals surface area contributed by atoms with Gasteiger partial charge in [0, 0.05) is 16.2 Å². The van der Waals surface area contributed by atoms with Crippen molar-refractivity contribution in [3.8, 4) is 5.75 Å². The zero-order valence-electron chi connectivity index (χ0n) is 11.5. The van der Waals surface area contributed by atoms with E-state index < -0.39 is 11.0 Å². The summed E-state index contributed by atoms with van der Waals surface area (Å²) in [7, 11) is 1.37. The molecule has 0 fully saturated rings. The largest absolute Gasteiger partial charge is 0.494 e. The maximum atomic E-state index is 11.9. The van der Waals surface area contributed by atoms with E-state index in [1.807, 2.05) is 0 Å². The van der Waals surface area contributed by atoms with Crippen LogP contribution in [0, 0.1) is 10.1 Å². The number of hydrogen-bond acceptors (Lipinski definition) is 4. The van der Waals surface area contributed by atoms with Gasteiger partial charge in [-0.1, -0.05) is 15.9 Å². The third-order valence-electron chi connectivity index (χ3n) is 2.75. The van der Waals surface area contributed by atoms with E-state index in [4.69, 9.17) is 4.74 Å². The lowest BCUT2D eigenvalue weighted by atomic mass is 10.2. The molecule has 2 amide bonds. The molecule has 0 aromatic heterocycles. The molecule has 0 bridgehead atoms. The van der Waals surface area contributed by atoms with E-state index in [0.717, 1.165) is 4.47 Å². The molecule has 2 N–H and O–H groups in total. The molecule has 2 aromatic rings. The molecular formula is C14H12BrN3O4. The van der Waals surface area contributed by atoms with E-state index in [0.29, 0.717) is 11.4 Å². The second kappa shape index (κ2) is 6.90. The van der Waals surface area contributed by atoms with Crippen LogP contribution >= 0.6 is 15.9 Å². The van der Waals surface area contributed by atoms with E-state index in [9.17, 15) is 14.9 Å². The Bertz CT molecular complexity index is 704. The van der Waals surface area contributed by atoms with Crippen LogP contribution in [0.2, 0.25) is 0 Å². The molecule has 2 rings (SSSR count). The van der Waals surface area contributed by atoms with Crippen molar-refractivity contribution in [2.75, 3.05) is 17.7 Å². The molecule has 8 heteroatoms. The first-order valence-electron chi connectivity index (χ1n) is 6.15. The monoisotopic (exact) mass is 365 g/mol. The predicted octanol–water partition coefficient (Wildman–Crippen LogP) is 4.01. The summed E-state index contributed by atoms with van der Waals surface area (Å²) in [4.78, 5) is 22.1. The molecule has 0 aliphatic carbocycles. The lowest BCUT2D eigenvalue weighted by Crippen LogP contribution is -2.19. The normalized spacial score (nSPS) is 9.91. The quantitative estimate of drug-likeness (QED) is 0.632. The Kier molecular flexibility index (Phi) is 4.95. The maximum Gasteiger partial charge on any atom is 0.323 e. The number of benzene rings is 2. The molecule has 22 heavy (non-hydrogen) atoms. The molecule has 0 atom stereocenters. The van der Waals surface area contributed by atoms with E-state index in [1.54, 1.807) is 24.3 Å². The Morgan fingerprint density at radius 3 is 2.45 bits per heavy atom. The van der Waals surface area contributed by atoms with Crippen LogP contribution in [-0.4, -0.2) is 18.1 Å². The van der Waals surface area contributed by atoms with E-state index in [-0.39, 0.29) is 11.4 Å². The molecule has 0 saturated carbocycles. The lowest BCUT2D eigenvalue weighted by molar-refractivity contribution is -0.384. The highest BCUT2D eigenvalue weighted by Gasteiger charge is 2.13. The average Bonchev–Trinajstić information content (AvgIpc) is 2.49. The number of carbonyl (C=O) groups excluding carboxylic acids is 1. The standard InChI is InChI=1S/C14H12BrN3O4/c1-22-13-8-11(18(20)21)6-7-12(13)17-14(19)16-10-4-2-9(15)3-5-10/h2-8H,1H3,(H2,16,17,19). The number of ether oxygens (including phenoxy) is 1. The Balaban J connectivity index is 2.10. The number of anilines is 2. The van der Waals surface area contributed by atoms with Gasteiger partial charge in [0.2, 0.25) is 0 Å². The number of hydrogen-bond donors (Lipinski definition) is 2. The van der Waals surface area contributed by atoms with Gasteiger partial charge >= 0.3 is 6.03 Å². The summed E-state index contributed by atoms with van der Waals surface area (Å²) in [6, 6.07) is 10.5. The van der Waals surface area contributed by atoms with Crippen molar-refractivity contribution in [1.29, 1.82) is 0 Å². The van der Waals surface area contributed by atoms with Crippen molar-refractivity contribution in [2.24, 2.45) is 0 Å². The van der Waals surface area contributed by atoms with Crippen LogP contribution in [-0.2, 0) is 0 Å². The molecule has 114 valence electrons. The van der Waals surface area contributed by atoms with Crippen LogP contribution in [0.4, 0.5) is 21.9 Å². The van der Waals surface area contributed by atoms with Gasteiger partial charge in [0.25, 0.3) is 5.69 Å². The van der Waals surface area contributed by atoms with Crippen molar-refractivity contribution in [2.45, 2.75) is 0 Å². The first kappa shape index (κ1) is 15.8. The first-order chi connectivity index (χ1) is 10.5. The van der Waals surface area contributed by atoms with Crippen LogP contribution in [0.5, 0.6) is 5.75 Å². The number of nitro groups is 1. The molecule has 2 aromatic carbocycles. The second-order valence-corrected chi connectivity index (χ2v) is 5.14. The number of nitrogens with one attached hydrogen (secondary N) is 2. The van der Waals surface area contributed by atoms with Crippen molar-refractivity contribution in [3.63, 3.8) is 0 Å². The van der Waals surface area contributed by atoms with Crippen LogP contribution in [0.25, 0.3) is 0 Å². The zero-order valence-corrected chi connectivity index (χ0v) is 13.1. The van der Waals surface area contributed by atoms with Crippen LogP contribution in [0.1, 0.15) is 0 Å². The van der Waals surface area contributed by atoms with Gasteiger partial charge in [-0.25, -0.2) is 4.79 Å². The molecule has 0 heterocycles. The van der Waals surface area contributed by atoms with Crippen molar-refractivity contribution in [1.82, 2.24) is 0 Å². The summed E-state index contributed by atoms with van der Waals surface area (Å²) in [5, 5.41) is 15.9. The molecular weight excluding hydrogens is 354 g/mol. The minimum atomic E-state index is -0.534. The third-order valence-corrected chi connectivity index (χ3v) is 3.27. The van der Waals surface area contributed by atoms with Crippen LogP contribution < -0.4 is 15.4 Å². The zero-order chi connectivity index (χ0) is 16.1. The summed E-state index contributed by atoms with van der Waals surface area (Å²) in [6.07, 6.45) is 0. The average molecular weight is 366 g/mol. The number of rotatable bonds is 4. The maximum absolute atomic E-state index is 11.9. The number of methoxy groups -OCH3 is 1. The van der Waals surface area contributed by atoms with Gasteiger partial charge in [-0.05, 0) is 30.3 Å². The Morgan fingerprint density at radius 1 is 1.18 bits per heavy atom. The Hall–Kier alpha value is -2.61. The Morgan fingerprint density at radius 2 is 1.86 bits per heavy atom. The number of nitro benzene ring substituents is 1. The van der Waals surface area contributed by atoms with Gasteiger partial charge in [-0.15, -0.1) is 0 Å². The number of nitrogens with zero attached hydrogens (tertiary/aromatic N) is 1. The summed E-state index contributed by atoms with van der Waals surface area (Å²) in [5.41, 5.74) is 0.833. The smallest absolute Gasteiger partial charge is 0.323 e. The van der Waals surface area contributed by atoms with Crippen molar-refractivity contribution in [3.05, 3.63) is 57.1 Å². The summed E-state index contributed by atoms with van der Waals surface area (Å²) >= 11 is 3.30. The third kappa shape index (κ3) is 3.95. The second-order valence-electron chi connectivity index (χ2n) is 4.23.